The second-order valence-corrected chi connectivity index (χ2v) is 3.86. The van der Waals surface area contributed by atoms with E-state index in [2.05, 4.69) is 0 Å². The summed E-state index contributed by atoms with van der Waals surface area (Å²) in [5.74, 6) is 0.106. The van der Waals surface area contributed by atoms with E-state index in [-0.39, 0.29) is 5.82 Å². The summed E-state index contributed by atoms with van der Waals surface area (Å²) in [5.41, 5.74) is 5.23. The van der Waals surface area contributed by atoms with Crippen LogP contribution in [0.15, 0.2) is 29.2 Å². The third-order valence-corrected chi connectivity index (χ3v) is 2.78. The summed E-state index contributed by atoms with van der Waals surface area (Å²) in [7, 11) is -1.08. The van der Waals surface area contributed by atoms with Crippen LogP contribution in [-0.2, 0) is 10.8 Å². The van der Waals surface area contributed by atoms with Crippen LogP contribution in [0.4, 0.5) is 4.39 Å². The van der Waals surface area contributed by atoms with Gasteiger partial charge in [-0.15, -0.1) is 0 Å². The molecular weight excluding hydrogens is 177 g/mol. The average Bonchev–Trinajstić information content (AvgIpc) is 2.06. The molecule has 0 spiro atoms. The van der Waals surface area contributed by atoms with E-state index < -0.39 is 10.8 Å². The van der Waals surface area contributed by atoms with Gasteiger partial charge in [0.25, 0.3) is 0 Å². The zero-order valence-electron chi connectivity index (χ0n) is 6.50. The van der Waals surface area contributed by atoms with Crippen LogP contribution in [0.3, 0.4) is 0 Å². The molecule has 0 bridgehead atoms. The van der Waals surface area contributed by atoms with Crippen molar-refractivity contribution in [2.45, 2.75) is 4.90 Å². The van der Waals surface area contributed by atoms with Gasteiger partial charge in [-0.05, 0) is 24.3 Å². The Morgan fingerprint density at radius 2 is 1.92 bits per heavy atom. The molecule has 1 aromatic rings. The largest absolute Gasteiger partial charge is 0.330 e. The second kappa shape index (κ2) is 4.33. The molecule has 0 fully saturated rings. The molecule has 66 valence electrons. The number of hydrogen-bond acceptors (Lipinski definition) is 2. The third-order valence-electron chi connectivity index (χ3n) is 1.38. The van der Waals surface area contributed by atoms with Gasteiger partial charge in [0.05, 0.1) is 10.8 Å². The lowest BCUT2D eigenvalue weighted by Gasteiger charge is -1.98. The molecule has 1 atom stereocenters. The summed E-state index contributed by atoms with van der Waals surface area (Å²) >= 11 is 0. The summed E-state index contributed by atoms with van der Waals surface area (Å²) in [6, 6.07) is 5.62. The highest BCUT2D eigenvalue weighted by Gasteiger charge is 2.01. The number of nitrogens with two attached hydrogens (primary N) is 1. The Balaban J connectivity index is 2.75. The molecular formula is C8H10FNOS. The van der Waals surface area contributed by atoms with Crippen LogP contribution in [0.2, 0.25) is 0 Å². The summed E-state index contributed by atoms with van der Waals surface area (Å²) in [6.45, 7) is 0.379. The first-order valence-corrected chi connectivity index (χ1v) is 4.90. The average molecular weight is 187 g/mol. The fourth-order valence-corrected chi connectivity index (χ4v) is 1.70. The predicted octanol–water partition coefficient (Wildman–Crippen LogP) is 0.892. The predicted molar refractivity (Wildman–Crippen MR) is 46.7 cm³/mol. The maximum Gasteiger partial charge on any atom is 0.123 e. The number of benzene rings is 1. The first kappa shape index (κ1) is 9.35. The van der Waals surface area contributed by atoms with Gasteiger partial charge < -0.3 is 5.73 Å². The van der Waals surface area contributed by atoms with Crippen molar-refractivity contribution in [2.24, 2.45) is 5.73 Å². The van der Waals surface area contributed by atoms with Gasteiger partial charge >= 0.3 is 0 Å². The highest BCUT2D eigenvalue weighted by Crippen LogP contribution is 2.07. The molecule has 1 aromatic carbocycles. The lowest BCUT2D eigenvalue weighted by atomic mass is 10.4. The van der Waals surface area contributed by atoms with E-state index >= 15 is 0 Å². The normalized spacial score (nSPS) is 12.8. The highest BCUT2D eigenvalue weighted by molar-refractivity contribution is 7.85. The molecule has 1 unspecified atom stereocenters. The number of rotatable bonds is 3. The molecule has 0 amide bonds. The topological polar surface area (TPSA) is 43.1 Å². The van der Waals surface area contributed by atoms with E-state index in [1.165, 1.54) is 24.3 Å². The molecule has 0 aromatic heterocycles. The van der Waals surface area contributed by atoms with E-state index in [4.69, 9.17) is 5.73 Å². The Hall–Kier alpha value is -0.740. The van der Waals surface area contributed by atoms with Gasteiger partial charge in [0, 0.05) is 17.2 Å². The van der Waals surface area contributed by atoms with Crippen molar-refractivity contribution in [3.05, 3.63) is 30.1 Å². The molecule has 0 radical (unpaired) electrons. The highest BCUT2D eigenvalue weighted by atomic mass is 32.2. The minimum absolute atomic E-state index is 0.316. The zero-order valence-corrected chi connectivity index (χ0v) is 7.31. The van der Waals surface area contributed by atoms with Crippen LogP contribution in [0.25, 0.3) is 0 Å². The van der Waals surface area contributed by atoms with Crippen LogP contribution in [0, 0.1) is 5.82 Å². The zero-order chi connectivity index (χ0) is 8.97. The van der Waals surface area contributed by atoms with Gasteiger partial charge in [-0.25, -0.2) is 4.39 Å². The number of hydrogen-bond donors (Lipinski definition) is 1. The minimum atomic E-state index is -1.08. The van der Waals surface area contributed by atoms with Gasteiger partial charge in [0.15, 0.2) is 0 Å². The van der Waals surface area contributed by atoms with Crippen LogP contribution < -0.4 is 5.73 Å². The summed E-state index contributed by atoms with van der Waals surface area (Å²) in [5, 5.41) is 0. The van der Waals surface area contributed by atoms with Crippen molar-refractivity contribution >= 4 is 10.8 Å². The SMILES string of the molecule is NCCS(=O)c1ccc(F)cc1. The van der Waals surface area contributed by atoms with Crippen LogP contribution in [0.1, 0.15) is 0 Å². The van der Waals surface area contributed by atoms with Gasteiger partial charge in [-0.3, -0.25) is 4.21 Å². The van der Waals surface area contributed by atoms with Gasteiger partial charge in [0.2, 0.25) is 0 Å². The summed E-state index contributed by atoms with van der Waals surface area (Å²) < 4.78 is 23.7. The molecule has 12 heavy (non-hydrogen) atoms. The lowest BCUT2D eigenvalue weighted by molar-refractivity contribution is 0.626. The van der Waals surface area contributed by atoms with Crippen molar-refractivity contribution in [3.63, 3.8) is 0 Å². The monoisotopic (exact) mass is 187 g/mol. The standard InChI is InChI=1S/C8H10FNOS/c9-7-1-3-8(4-2-7)12(11)6-5-10/h1-4H,5-6,10H2. The smallest absolute Gasteiger partial charge is 0.123 e. The van der Waals surface area contributed by atoms with Crippen molar-refractivity contribution in [1.29, 1.82) is 0 Å². The Kier molecular flexibility index (Phi) is 3.37. The lowest BCUT2D eigenvalue weighted by Crippen LogP contribution is -2.10. The first-order chi connectivity index (χ1) is 5.74. The Morgan fingerprint density at radius 1 is 1.33 bits per heavy atom. The fourth-order valence-electron chi connectivity index (χ4n) is 0.811. The fraction of sp³-hybridized carbons (Fsp3) is 0.250. The van der Waals surface area contributed by atoms with Crippen LogP contribution in [-0.4, -0.2) is 16.5 Å². The van der Waals surface area contributed by atoms with E-state index in [9.17, 15) is 8.60 Å². The molecule has 0 aliphatic heterocycles. The maximum atomic E-state index is 12.4. The summed E-state index contributed by atoms with van der Waals surface area (Å²) in [4.78, 5) is 0.627. The van der Waals surface area contributed by atoms with E-state index in [1.807, 2.05) is 0 Å². The van der Waals surface area contributed by atoms with E-state index in [0.29, 0.717) is 17.2 Å². The minimum Gasteiger partial charge on any atom is -0.330 e. The molecule has 1 rings (SSSR count). The van der Waals surface area contributed by atoms with Crippen LogP contribution in [0.5, 0.6) is 0 Å². The van der Waals surface area contributed by atoms with Crippen molar-refractivity contribution in [3.8, 4) is 0 Å². The third kappa shape index (κ3) is 2.39. The van der Waals surface area contributed by atoms with Gasteiger partial charge in [-0.2, -0.15) is 0 Å². The van der Waals surface area contributed by atoms with E-state index in [1.54, 1.807) is 0 Å². The van der Waals surface area contributed by atoms with Gasteiger partial charge in [0.1, 0.15) is 5.82 Å². The first-order valence-electron chi connectivity index (χ1n) is 3.58. The second-order valence-electron chi connectivity index (χ2n) is 2.29. The molecule has 0 saturated carbocycles. The Labute approximate surface area is 73.0 Å². The van der Waals surface area contributed by atoms with Gasteiger partial charge in [-0.1, -0.05) is 0 Å². The number of halogens is 1. The van der Waals surface area contributed by atoms with Crippen molar-refractivity contribution in [1.82, 2.24) is 0 Å². The Morgan fingerprint density at radius 3 is 2.42 bits per heavy atom. The molecule has 0 aliphatic rings. The molecule has 0 heterocycles. The molecule has 2 N–H and O–H groups in total. The maximum absolute atomic E-state index is 12.4. The molecule has 4 heteroatoms. The van der Waals surface area contributed by atoms with Crippen molar-refractivity contribution < 1.29 is 8.60 Å². The molecule has 0 aliphatic carbocycles. The van der Waals surface area contributed by atoms with Crippen LogP contribution >= 0.6 is 0 Å². The molecule has 0 saturated heterocycles. The van der Waals surface area contributed by atoms with E-state index in [0.717, 1.165) is 0 Å². The van der Waals surface area contributed by atoms with Crippen molar-refractivity contribution in [2.75, 3.05) is 12.3 Å². The Bertz CT molecular complexity index is 273. The quantitative estimate of drug-likeness (QED) is 0.763. The molecule has 2 nitrogen and oxygen atoms in total. The summed E-state index contributed by atoms with van der Waals surface area (Å²) in [6.07, 6.45) is 0.